The molecule has 1 aliphatic carbocycles. The second-order valence-electron chi connectivity index (χ2n) is 8.25. The summed E-state index contributed by atoms with van der Waals surface area (Å²) in [7, 11) is 1.21. The summed E-state index contributed by atoms with van der Waals surface area (Å²) in [5.74, 6) is -4.06. The summed E-state index contributed by atoms with van der Waals surface area (Å²) in [4.78, 5) is 27.5. The van der Waals surface area contributed by atoms with Crippen molar-refractivity contribution in [1.29, 1.82) is 5.26 Å². The third-order valence-corrected chi connectivity index (χ3v) is 5.79. The van der Waals surface area contributed by atoms with Crippen LogP contribution in [-0.4, -0.2) is 53.8 Å². The standard InChI is InChI=1S/C21H26F2N4O2/c1-26(15-24)18(28)17(13-21(22,23)12-16-6-3-2-4-7-16)25-19(29)27-11-5-8-20(14-27)9-10-20/h2-4,6-7,17H,5,8-14H2,1H3,(H,25,29)/t17-/m0/s1. The number of piperidine rings is 1. The van der Waals surface area contributed by atoms with E-state index in [1.165, 1.54) is 7.05 Å². The maximum absolute atomic E-state index is 14.7. The SMILES string of the molecule is CN(C#N)C(=O)[C@H](CC(F)(F)Cc1ccccc1)NC(=O)N1CCCC2(CC2)C1. The normalized spacial score (nSPS) is 18.6. The number of carbonyl (C=O) groups is 2. The van der Waals surface area contributed by atoms with E-state index in [9.17, 15) is 18.4 Å². The summed E-state index contributed by atoms with van der Waals surface area (Å²) in [5.41, 5.74) is 0.617. The van der Waals surface area contributed by atoms with Crippen molar-refractivity contribution in [2.45, 2.75) is 50.5 Å². The number of likely N-dealkylation sites (tertiary alicyclic amines) is 1. The number of carbonyl (C=O) groups excluding carboxylic acids is 2. The van der Waals surface area contributed by atoms with Crippen molar-refractivity contribution in [1.82, 2.24) is 15.1 Å². The van der Waals surface area contributed by atoms with E-state index in [1.54, 1.807) is 41.4 Å². The van der Waals surface area contributed by atoms with Gasteiger partial charge in [0, 0.05) is 33.0 Å². The molecule has 29 heavy (non-hydrogen) atoms. The fourth-order valence-electron chi connectivity index (χ4n) is 3.95. The predicted molar refractivity (Wildman–Crippen MR) is 103 cm³/mol. The smallest absolute Gasteiger partial charge is 0.318 e. The van der Waals surface area contributed by atoms with Crippen LogP contribution in [0.5, 0.6) is 0 Å². The van der Waals surface area contributed by atoms with Gasteiger partial charge in [-0.25, -0.2) is 13.6 Å². The van der Waals surface area contributed by atoms with Gasteiger partial charge in [-0.3, -0.25) is 9.69 Å². The fourth-order valence-corrected chi connectivity index (χ4v) is 3.95. The van der Waals surface area contributed by atoms with Crippen LogP contribution in [0, 0.1) is 16.9 Å². The molecule has 1 saturated heterocycles. The molecule has 1 saturated carbocycles. The number of halogens is 2. The highest BCUT2D eigenvalue weighted by atomic mass is 19.3. The monoisotopic (exact) mass is 404 g/mol. The van der Waals surface area contributed by atoms with Crippen LogP contribution in [0.4, 0.5) is 13.6 Å². The Morgan fingerprint density at radius 2 is 2.00 bits per heavy atom. The Kier molecular flexibility index (Phi) is 6.06. The molecule has 0 unspecified atom stereocenters. The average molecular weight is 404 g/mol. The van der Waals surface area contributed by atoms with E-state index >= 15 is 0 Å². The van der Waals surface area contributed by atoms with Gasteiger partial charge in [-0.05, 0) is 36.7 Å². The second-order valence-corrected chi connectivity index (χ2v) is 8.25. The van der Waals surface area contributed by atoms with Crippen molar-refractivity contribution in [3.05, 3.63) is 35.9 Å². The number of hydrogen-bond acceptors (Lipinski definition) is 3. The maximum atomic E-state index is 14.7. The molecule has 2 aliphatic rings. The van der Waals surface area contributed by atoms with Crippen molar-refractivity contribution in [2.75, 3.05) is 20.1 Å². The van der Waals surface area contributed by atoms with E-state index in [0.717, 1.165) is 25.7 Å². The third-order valence-electron chi connectivity index (χ3n) is 5.79. The molecule has 1 heterocycles. The number of benzene rings is 1. The van der Waals surface area contributed by atoms with Crippen LogP contribution in [-0.2, 0) is 11.2 Å². The Morgan fingerprint density at radius 1 is 1.31 bits per heavy atom. The van der Waals surface area contributed by atoms with Crippen LogP contribution >= 0.6 is 0 Å². The lowest BCUT2D eigenvalue weighted by Gasteiger charge is -2.34. The Labute approximate surface area is 169 Å². The second kappa shape index (κ2) is 8.36. The molecule has 6 nitrogen and oxygen atoms in total. The molecule has 1 aromatic rings. The van der Waals surface area contributed by atoms with Crippen molar-refractivity contribution < 1.29 is 18.4 Å². The highest BCUT2D eigenvalue weighted by Crippen LogP contribution is 2.52. The molecule has 1 aromatic carbocycles. The number of amides is 3. The van der Waals surface area contributed by atoms with Gasteiger partial charge in [0.1, 0.15) is 6.04 Å². The lowest BCUT2D eigenvalue weighted by atomic mass is 9.95. The number of nitrogens with zero attached hydrogens (tertiary/aromatic N) is 3. The predicted octanol–water partition coefficient (Wildman–Crippen LogP) is 3.15. The van der Waals surface area contributed by atoms with Gasteiger partial charge in [-0.2, -0.15) is 5.26 Å². The van der Waals surface area contributed by atoms with E-state index in [4.69, 9.17) is 5.26 Å². The van der Waals surface area contributed by atoms with Crippen molar-refractivity contribution in [2.24, 2.45) is 5.41 Å². The van der Waals surface area contributed by atoms with Crippen LogP contribution in [0.25, 0.3) is 0 Å². The zero-order valence-electron chi connectivity index (χ0n) is 16.5. The lowest BCUT2D eigenvalue weighted by Crippen LogP contribution is -2.54. The number of nitrogens with one attached hydrogen (secondary N) is 1. The minimum absolute atomic E-state index is 0.176. The van der Waals surface area contributed by atoms with Gasteiger partial charge in [-0.1, -0.05) is 30.3 Å². The minimum atomic E-state index is -3.22. The van der Waals surface area contributed by atoms with Gasteiger partial charge in [0.25, 0.3) is 11.8 Å². The summed E-state index contributed by atoms with van der Waals surface area (Å²) in [6.45, 7) is 1.14. The van der Waals surface area contributed by atoms with Crippen molar-refractivity contribution >= 4 is 11.9 Å². The van der Waals surface area contributed by atoms with Gasteiger partial charge in [0.15, 0.2) is 6.19 Å². The van der Waals surface area contributed by atoms with Crippen LogP contribution in [0.15, 0.2) is 30.3 Å². The Morgan fingerprint density at radius 3 is 2.62 bits per heavy atom. The average Bonchev–Trinajstić information content (AvgIpc) is 3.44. The molecule has 0 bridgehead atoms. The van der Waals surface area contributed by atoms with E-state index in [-0.39, 0.29) is 5.41 Å². The summed E-state index contributed by atoms with van der Waals surface area (Å²) in [6, 6.07) is 6.27. The van der Waals surface area contributed by atoms with Crippen molar-refractivity contribution in [3.63, 3.8) is 0 Å². The molecule has 8 heteroatoms. The number of alkyl halides is 2. The molecule has 1 N–H and O–H groups in total. The highest BCUT2D eigenvalue weighted by Gasteiger charge is 2.47. The van der Waals surface area contributed by atoms with Crippen LogP contribution in [0.3, 0.4) is 0 Å². The minimum Gasteiger partial charge on any atom is -0.326 e. The largest absolute Gasteiger partial charge is 0.326 e. The van der Waals surface area contributed by atoms with E-state index < -0.39 is 36.7 Å². The Balaban J connectivity index is 1.69. The zero-order valence-corrected chi connectivity index (χ0v) is 16.5. The maximum Gasteiger partial charge on any atom is 0.318 e. The number of urea groups is 1. The molecule has 0 radical (unpaired) electrons. The molecule has 3 rings (SSSR count). The summed E-state index contributed by atoms with van der Waals surface area (Å²) >= 11 is 0. The molecule has 3 amide bonds. The van der Waals surface area contributed by atoms with E-state index in [1.807, 2.05) is 0 Å². The number of rotatable bonds is 6. The Bertz CT molecular complexity index is 790. The first-order chi connectivity index (χ1) is 13.7. The molecule has 1 spiro atoms. The van der Waals surface area contributed by atoms with E-state index in [0.29, 0.717) is 23.6 Å². The van der Waals surface area contributed by atoms with Gasteiger partial charge < -0.3 is 10.2 Å². The first-order valence-electron chi connectivity index (χ1n) is 9.88. The molecule has 1 aliphatic heterocycles. The molecule has 2 fully saturated rings. The first-order valence-corrected chi connectivity index (χ1v) is 9.88. The van der Waals surface area contributed by atoms with Crippen LogP contribution < -0.4 is 5.32 Å². The van der Waals surface area contributed by atoms with E-state index in [2.05, 4.69) is 5.32 Å². The number of nitriles is 1. The van der Waals surface area contributed by atoms with Crippen LogP contribution in [0.2, 0.25) is 0 Å². The molecule has 0 aromatic heterocycles. The zero-order chi connectivity index (χ0) is 21.1. The lowest BCUT2D eigenvalue weighted by molar-refractivity contribution is -0.132. The molecular weight excluding hydrogens is 378 g/mol. The summed E-state index contributed by atoms with van der Waals surface area (Å²) in [5, 5.41) is 11.5. The topological polar surface area (TPSA) is 76.4 Å². The van der Waals surface area contributed by atoms with Crippen LogP contribution in [0.1, 0.15) is 37.7 Å². The molecular formula is C21H26F2N4O2. The van der Waals surface area contributed by atoms with Gasteiger partial charge >= 0.3 is 6.03 Å². The molecule has 1 atom stereocenters. The third kappa shape index (κ3) is 5.43. The Hall–Kier alpha value is -2.69. The van der Waals surface area contributed by atoms with Gasteiger partial charge in [0.05, 0.1) is 0 Å². The molecule has 156 valence electrons. The quantitative estimate of drug-likeness (QED) is 0.585. The summed E-state index contributed by atoms with van der Waals surface area (Å²) in [6.07, 6.45) is 4.32. The van der Waals surface area contributed by atoms with Gasteiger partial charge in [-0.15, -0.1) is 0 Å². The summed E-state index contributed by atoms with van der Waals surface area (Å²) < 4.78 is 29.4. The number of likely N-dealkylation sites (N-methyl/N-ethyl adjacent to an activating group) is 1. The van der Waals surface area contributed by atoms with Gasteiger partial charge in [0.2, 0.25) is 0 Å². The fraction of sp³-hybridized carbons (Fsp3) is 0.571. The highest BCUT2D eigenvalue weighted by molar-refractivity contribution is 5.88. The first kappa shape index (κ1) is 21.0. The van der Waals surface area contributed by atoms with Crippen molar-refractivity contribution in [3.8, 4) is 6.19 Å². The number of hydrogen-bond donors (Lipinski definition) is 1.